The van der Waals surface area contributed by atoms with Crippen LogP contribution in [-0.2, 0) is 11.2 Å². The van der Waals surface area contributed by atoms with Crippen LogP contribution in [0.3, 0.4) is 0 Å². The van der Waals surface area contributed by atoms with Crippen molar-refractivity contribution in [3.05, 3.63) is 23.0 Å². The number of carboxylic acid groups (broad SMARTS) is 1. The van der Waals surface area contributed by atoms with E-state index < -0.39 is 18.4 Å². The van der Waals surface area contributed by atoms with Gasteiger partial charge in [0, 0.05) is 0 Å². The van der Waals surface area contributed by atoms with Crippen LogP contribution in [0, 0.1) is 19.3 Å². The molecule has 0 spiro atoms. The van der Waals surface area contributed by atoms with Crippen molar-refractivity contribution in [3.63, 3.8) is 0 Å². The number of terminal acetylenes is 1. The summed E-state index contributed by atoms with van der Waals surface area (Å²) in [6, 6.07) is 1.60. The van der Waals surface area contributed by atoms with E-state index in [4.69, 9.17) is 11.5 Å². The van der Waals surface area contributed by atoms with Crippen molar-refractivity contribution in [1.29, 1.82) is 0 Å². The Bertz CT molecular complexity index is 534. The maximum absolute atomic E-state index is 12.3. The van der Waals surface area contributed by atoms with Crippen molar-refractivity contribution < 1.29 is 14.7 Å². The van der Waals surface area contributed by atoms with E-state index in [1.54, 1.807) is 13.0 Å². The number of aryl methyl sites for hydroxylation is 2. The molecule has 0 aliphatic heterocycles. The van der Waals surface area contributed by atoms with Gasteiger partial charge in [0.1, 0.15) is 6.54 Å². The van der Waals surface area contributed by atoms with Crippen LogP contribution in [0.4, 0.5) is 0 Å². The minimum absolute atomic E-state index is 0.0599. The summed E-state index contributed by atoms with van der Waals surface area (Å²) < 4.78 is 0. The number of hydrogen-bond acceptors (Lipinski definition) is 4. The van der Waals surface area contributed by atoms with Gasteiger partial charge in [0.15, 0.2) is 0 Å². The standard InChI is InChI=1S/C13H15N3O3/c1-4-6-16(8-12(17)18)13(19)10-7-9(3)14-15-11(10)5-2/h1,7H,5-6,8H2,2-3H3,(H,17,18). The molecule has 0 unspecified atom stereocenters. The van der Waals surface area contributed by atoms with E-state index in [9.17, 15) is 9.59 Å². The third-order valence-corrected chi connectivity index (χ3v) is 2.45. The Balaban J connectivity index is 3.12. The first kappa shape index (κ1) is 14.6. The van der Waals surface area contributed by atoms with Gasteiger partial charge in [0.2, 0.25) is 0 Å². The maximum Gasteiger partial charge on any atom is 0.323 e. The lowest BCUT2D eigenvalue weighted by Crippen LogP contribution is -2.36. The normalized spacial score (nSPS) is 9.74. The summed E-state index contributed by atoms with van der Waals surface area (Å²) in [6.07, 6.45) is 5.69. The smallest absolute Gasteiger partial charge is 0.323 e. The van der Waals surface area contributed by atoms with E-state index >= 15 is 0 Å². The van der Waals surface area contributed by atoms with Crippen molar-refractivity contribution in [3.8, 4) is 12.3 Å². The maximum atomic E-state index is 12.3. The van der Waals surface area contributed by atoms with Crippen molar-refractivity contribution in [2.75, 3.05) is 13.1 Å². The summed E-state index contributed by atoms with van der Waals surface area (Å²) in [5.74, 6) is 0.736. The Labute approximate surface area is 111 Å². The van der Waals surface area contributed by atoms with E-state index in [2.05, 4.69) is 16.1 Å². The van der Waals surface area contributed by atoms with Gasteiger partial charge in [-0.3, -0.25) is 9.59 Å². The predicted octanol–water partition coefficient (Wildman–Crippen LogP) is 0.507. The van der Waals surface area contributed by atoms with Crippen molar-refractivity contribution in [1.82, 2.24) is 15.1 Å². The number of rotatable bonds is 5. The number of carbonyl (C=O) groups excluding carboxylic acids is 1. The highest BCUT2D eigenvalue weighted by molar-refractivity contribution is 5.97. The van der Waals surface area contributed by atoms with Crippen LogP contribution in [0.15, 0.2) is 6.07 Å². The van der Waals surface area contributed by atoms with Gasteiger partial charge in [-0.05, 0) is 19.4 Å². The monoisotopic (exact) mass is 261 g/mol. The van der Waals surface area contributed by atoms with Crippen LogP contribution >= 0.6 is 0 Å². The lowest BCUT2D eigenvalue weighted by atomic mass is 10.1. The number of aromatic nitrogens is 2. The predicted molar refractivity (Wildman–Crippen MR) is 68.5 cm³/mol. The molecule has 19 heavy (non-hydrogen) atoms. The third kappa shape index (κ3) is 3.78. The quantitative estimate of drug-likeness (QED) is 0.781. The molecule has 6 heteroatoms. The Kier molecular flexibility index (Phi) is 5.01. The number of carboxylic acids is 1. The molecule has 0 aliphatic rings. The molecular formula is C13H15N3O3. The fourth-order valence-electron chi connectivity index (χ4n) is 1.60. The second-order valence-electron chi connectivity index (χ2n) is 3.96. The van der Waals surface area contributed by atoms with E-state index in [1.165, 1.54) is 0 Å². The minimum atomic E-state index is -1.11. The first-order valence-electron chi connectivity index (χ1n) is 5.77. The topological polar surface area (TPSA) is 83.4 Å². The van der Waals surface area contributed by atoms with E-state index in [-0.39, 0.29) is 6.54 Å². The minimum Gasteiger partial charge on any atom is -0.480 e. The van der Waals surface area contributed by atoms with Crippen molar-refractivity contribution in [2.24, 2.45) is 0 Å². The summed E-state index contributed by atoms with van der Waals surface area (Å²) in [5.41, 5.74) is 1.48. The van der Waals surface area contributed by atoms with E-state index in [1.807, 2.05) is 6.92 Å². The Morgan fingerprint density at radius 1 is 1.47 bits per heavy atom. The number of hydrogen-bond donors (Lipinski definition) is 1. The van der Waals surface area contributed by atoms with Gasteiger partial charge < -0.3 is 10.0 Å². The van der Waals surface area contributed by atoms with Gasteiger partial charge >= 0.3 is 5.97 Å². The van der Waals surface area contributed by atoms with Crippen LogP contribution < -0.4 is 0 Å². The lowest BCUT2D eigenvalue weighted by Gasteiger charge is -2.19. The van der Waals surface area contributed by atoms with Crippen LogP contribution in [-0.4, -0.2) is 45.2 Å². The summed E-state index contributed by atoms with van der Waals surface area (Å²) in [7, 11) is 0. The molecule has 1 aromatic rings. The molecule has 0 atom stereocenters. The molecule has 1 N–H and O–H groups in total. The van der Waals surface area contributed by atoms with Crippen LogP contribution in [0.2, 0.25) is 0 Å². The summed E-state index contributed by atoms with van der Waals surface area (Å²) in [6.45, 7) is 3.06. The molecule has 0 bridgehead atoms. The average molecular weight is 261 g/mol. The highest BCUT2D eigenvalue weighted by atomic mass is 16.4. The van der Waals surface area contributed by atoms with Gasteiger partial charge in [-0.2, -0.15) is 10.2 Å². The fourth-order valence-corrected chi connectivity index (χ4v) is 1.60. The first-order chi connectivity index (χ1) is 8.99. The molecular weight excluding hydrogens is 246 g/mol. The number of carbonyl (C=O) groups is 2. The molecule has 1 heterocycles. The molecule has 1 aromatic heterocycles. The van der Waals surface area contributed by atoms with E-state index in [0.29, 0.717) is 23.4 Å². The largest absolute Gasteiger partial charge is 0.480 e. The summed E-state index contributed by atoms with van der Waals surface area (Å²) in [4.78, 5) is 24.1. The number of aliphatic carboxylic acids is 1. The van der Waals surface area contributed by atoms with Gasteiger partial charge in [-0.15, -0.1) is 6.42 Å². The van der Waals surface area contributed by atoms with Crippen LogP contribution in [0.1, 0.15) is 28.7 Å². The highest BCUT2D eigenvalue weighted by Gasteiger charge is 2.21. The van der Waals surface area contributed by atoms with Gasteiger partial charge in [-0.1, -0.05) is 12.8 Å². The van der Waals surface area contributed by atoms with Crippen molar-refractivity contribution >= 4 is 11.9 Å². The highest BCUT2D eigenvalue weighted by Crippen LogP contribution is 2.11. The second-order valence-corrected chi connectivity index (χ2v) is 3.96. The molecule has 1 rings (SSSR count). The van der Waals surface area contributed by atoms with Crippen molar-refractivity contribution in [2.45, 2.75) is 20.3 Å². The number of amides is 1. The zero-order valence-electron chi connectivity index (χ0n) is 10.9. The second kappa shape index (κ2) is 6.50. The van der Waals surface area contributed by atoms with Gasteiger partial charge in [0.05, 0.1) is 23.5 Å². The SMILES string of the molecule is C#CCN(CC(=O)O)C(=O)c1cc(C)nnc1CC. The molecule has 0 aliphatic carbocycles. The van der Waals surface area contributed by atoms with Gasteiger partial charge in [0.25, 0.3) is 5.91 Å². The molecule has 0 radical (unpaired) electrons. The fraction of sp³-hybridized carbons (Fsp3) is 0.385. The molecule has 0 saturated heterocycles. The zero-order valence-corrected chi connectivity index (χ0v) is 10.9. The van der Waals surface area contributed by atoms with Crippen LogP contribution in [0.5, 0.6) is 0 Å². The molecule has 0 fully saturated rings. The van der Waals surface area contributed by atoms with Crippen LogP contribution in [0.25, 0.3) is 0 Å². The Hall–Kier alpha value is -2.42. The molecule has 0 aromatic carbocycles. The molecule has 0 saturated carbocycles. The average Bonchev–Trinajstić information content (AvgIpc) is 2.37. The van der Waals surface area contributed by atoms with Gasteiger partial charge in [-0.25, -0.2) is 0 Å². The third-order valence-electron chi connectivity index (χ3n) is 2.45. The summed E-state index contributed by atoms with van der Waals surface area (Å²) >= 11 is 0. The zero-order chi connectivity index (χ0) is 14.4. The molecule has 6 nitrogen and oxygen atoms in total. The lowest BCUT2D eigenvalue weighted by molar-refractivity contribution is -0.137. The molecule has 100 valence electrons. The van der Waals surface area contributed by atoms with E-state index in [0.717, 1.165) is 4.90 Å². The number of nitrogens with zero attached hydrogens (tertiary/aromatic N) is 3. The first-order valence-corrected chi connectivity index (χ1v) is 5.77. The summed E-state index contributed by atoms with van der Waals surface area (Å²) in [5, 5.41) is 16.6. The Morgan fingerprint density at radius 3 is 2.68 bits per heavy atom. The molecule has 1 amide bonds. The Morgan fingerprint density at radius 2 is 2.16 bits per heavy atom.